The highest BCUT2D eigenvalue weighted by molar-refractivity contribution is 5.05. The first kappa shape index (κ1) is 12.8. The topological polar surface area (TPSA) is 46.0 Å². The number of aromatic nitrogens is 3. The Morgan fingerprint density at radius 3 is 2.95 bits per heavy atom. The van der Waals surface area contributed by atoms with Crippen molar-refractivity contribution in [2.45, 2.75) is 76.7 Å². The van der Waals surface area contributed by atoms with E-state index in [9.17, 15) is 0 Å². The van der Waals surface area contributed by atoms with Crippen molar-refractivity contribution in [2.75, 3.05) is 6.54 Å². The second kappa shape index (κ2) is 4.81. The van der Waals surface area contributed by atoms with Gasteiger partial charge in [0.1, 0.15) is 11.6 Å². The summed E-state index contributed by atoms with van der Waals surface area (Å²) in [5.74, 6) is 2.31. The normalized spacial score (nSPS) is 31.7. The Bertz CT molecular complexity index is 492. The molecule has 3 heterocycles. The van der Waals surface area contributed by atoms with Gasteiger partial charge in [0.15, 0.2) is 0 Å². The number of rotatable bonds is 4. The maximum atomic E-state index is 4.40. The average Bonchev–Trinajstić information content (AvgIpc) is 2.83. The predicted octanol–water partition coefficient (Wildman–Crippen LogP) is 1.50. The number of nitrogens with one attached hydrogen (secondary N) is 1. The van der Waals surface area contributed by atoms with Crippen LogP contribution in [0, 0.1) is 0 Å². The Morgan fingerprint density at radius 2 is 2.15 bits per heavy atom. The van der Waals surface area contributed by atoms with E-state index in [1.165, 1.54) is 38.1 Å². The maximum absolute atomic E-state index is 4.40. The number of fused-ring (bicyclic) bond motifs is 1. The van der Waals surface area contributed by atoms with Crippen LogP contribution in [-0.2, 0) is 13.0 Å². The molecule has 0 aromatic carbocycles. The molecule has 2 fully saturated rings. The number of nitrogens with zero attached hydrogens (tertiary/aromatic N) is 4. The summed E-state index contributed by atoms with van der Waals surface area (Å²) in [7, 11) is 0. The molecule has 3 aliphatic rings. The third-order valence-electron chi connectivity index (χ3n) is 5.15. The first-order valence-corrected chi connectivity index (χ1v) is 8.16. The molecule has 20 heavy (non-hydrogen) atoms. The fourth-order valence-electron chi connectivity index (χ4n) is 4.01. The quantitative estimate of drug-likeness (QED) is 0.904. The van der Waals surface area contributed by atoms with Gasteiger partial charge in [-0.15, -0.1) is 10.2 Å². The number of hydrogen-bond donors (Lipinski definition) is 1. The highest BCUT2D eigenvalue weighted by atomic mass is 15.3. The molecule has 0 spiro atoms. The van der Waals surface area contributed by atoms with E-state index in [1.54, 1.807) is 0 Å². The lowest BCUT2D eigenvalue weighted by atomic mass is 10.1. The maximum Gasteiger partial charge on any atom is 0.149 e. The largest absolute Gasteiger partial charge is 0.314 e. The summed E-state index contributed by atoms with van der Waals surface area (Å²) in [4.78, 5) is 2.69. The second-order valence-corrected chi connectivity index (χ2v) is 6.83. The lowest BCUT2D eigenvalue weighted by Crippen LogP contribution is -2.36. The first-order chi connectivity index (χ1) is 9.72. The molecular weight excluding hydrogens is 250 g/mol. The minimum Gasteiger partial charge on any atom is -0.314 e. The van der Waals surface area contributed by atoms with Gasteiger partial charge < -0.3 is 9.88 Å². The molecule has 1 saturated heterocycles. The minimum absolute atomic E-state index is 0.311. The van der Waals surface area contributed by atoms with Gasteiger partial charge in [-0.05, 0) is 39.5 Å². The molecule has 1 aromatic heterocycles. The molecule has 1 N–H and O–H groups in total. The van der Waals surface area contributed by atoms with Crippen molar-refractivity contribution < 1.29 is 0 Å². The van der Waals surface area contributed by atoms with Crippen molar-refractivity contribution in [3.63, 3.8) is 0 Å². The molecular formula is C15H25N5. The van der Waals surface area contributed by atoms with Crippen LogP contribution >= 0.6 is 0 Å². The molecule has 5 nitrogen and oxygen atoms in total. The molecule has 1 aromatic rings. The van der Waals surface area contributed by atoms with E-state index in [0.717, 1.165) is 30.9 Å². The molecule has 5 heteroatoms. The Labute approximate surface area is 120 Å². The summed E-state index contributed by atoms with van der Waals surface area (Å²) in [6, 6.07) is 2.53. The SMILES string of the molecule is CC(NC1CC(C)N(C2CC2)C1)c1nnc2n1CCC2. The summed E-state index contributed by atoms with van der Waals surface area (Å²) >= 11 is 0. The molecule has 0 bridgehead atoms. The van der Waals surface area contributed by atoms with E-state index in [2.05, 4.69) is 38.8 Å². The van der Waals surface area contributed by atoms with E-state index in [0.29, 0.717) is 12.1 Å². The van der Waals surface area contributed by atoms with Crippen LogP contribution in [0.4, 0.5) is 0 Å². The van der Waals surface area contributed by atoms with E-state index in [1.807, 2.05) is 0 Å². The minimum atomic E-state index is 0.311. The van der Waals surface area contributed by atoms with Gasteiger partial charge in [0.2, 0.25) is 0 Å². The summed E-state index contributed by atoms with van der Waals surface area (Å²) in [5.41, 5.74) is 0. The Kier molecular flexibility index (Phi) is 3.07. The van der Waals surface area contributed by atoms with Crippen LogP contribution in [-0.4, -0.2) is 44.3 Å². The molecule has 0 amide bonds. The van der Waals surface area contributed by atoms with Gasteiger partial charge in [-0.25, -0.2) is 0 Å². The van der Waals surface area contributed by atoms with Gasteiger partial charge >= 0.3 is 0 Å². The third-order valence-corrected chi connectivity index (χ3v) is 5.15. The van der Waals surface area contributed by atoms with Gasteiger partial charge in [-0.3, -0.25) is 4.90 Å². The Hall–Kier alpha value is -0.940. The average molecular weight is 275 g/mol. The monoisotopic (exact) mass is 275 g/mol. The van der Waals surface area contributed by atoms with Crippen molar-refractivity contribution in [3.05, 3.63) is 11.6 Å². The Balaban J connectivity index is 1.41. The summed E-state index contributed by atoms with van der Waals surface area (Å²) in [6.45, 7) is 6.91. The highest BCUT2D eigenvalue weighted by Gasteiger charge is 2.39. The lowest BCUT2D eigenvalue weighted by molar-refractivity contribution is 0.254. The molecule has 1 aliphatic carbocycles. The van der Waals surface area contributed by atoms with E-state index in [-0.39, 0.29) is 0 Å². The molecule has 0 radical (unpaired) electrons. The fourth-order valence-corrected chi connectivity index (χ4v) is 4.01. The molecule has 4 rings (SSSR count). The van der Waals surface area contributed by atoms with Crippen molar-refractivity contribution in [1.29, 1.82) is 0 Å². The molecule has 3 unspecified atom stereocenters. The lowest BCUT2D eigenvalue weighted by Gasteiger charge is -2.21. The third kappa shape index (κ3) is 2.17. The van der Waals surface area contributed by atoms with Crippen LogP contribution in [0.1, 0.15) is 57.2 Å². The van der Waals surface area contributed by atoms with Crippen molar-refractivity contribution >= 4 is 0 Å². The molecule has 3 atom stereocenters. The smallest absolute Gasteiger partial charge is 0.149 e. The zero-order valence-corrected chi connectivity index (χ0v) is 12.5. The summed E-state index contributed by atoms with van der Waals surface area (Å²) in [6.07, 6.45) is 6.40. The van der Waals surface area contributed by atoms with E-state index < -0.39 is 0 Å². The molecule has 1 saturated carbocycles. The van der Waals surface area contributed by atoms with Crippen LogP contribution in [0.3, 0.4) is 0 Å². The molecule has 2 aliphatic heterocycles. The van der Waals surface area contributed by atoms with Gasteiger partial charge in [0.05, 0.1) is 6.04 Å². The zero-order chi connectivity index (χ0) is 13.7. The zero-order valence-electron chi connectivity index (χ0n) is 12.5. The first-order valence-electron chi connectivity index (χ1n) is 8.16. The van der Waals surface area contributed by atoms with E-state index in [4.69, 9.17) is 0 Å². The van der Waals surface area contributed by atoms with Crippen LogP contribution in [0.15, 0.2) is 0 Å². The van der Waals surface area contributed by atoms with Crippen molar-refractivity contribution in [1.82, 2.24) is 25.0 Å². The van der Waals surface area contributed by atoms with E-state index >= 15 is 0 Å². The van der Waals surface area contributed by atoms with Crippen molar-refractivity contribution in [2.24, 2.45) is 0 Å². The highest BCUT2D eigenvalue weighted by Crippen LogP contribution is 2.33. The molecule has 110 valence electrons. The fraction of sp³-hybridized carbons (Fsp3) is 0.867. The number of hydrogen-bond acceptors (Lipinski definition) is 4. The van der Waals surface area contributed by atoms with Crippen LogP contribution in [0.2, 0.25) is 0 Å². The van der Waals surface area contributed by atoms with Gasteiger partial charge in [0, 0.05) is 37.6 Å². The van der Waals surface area contributed by atoms with Crippen LogP contribution < -0.4 is 5.32 Å². The van der Waals surface area contributed by atoms with Gasteiger partial charge in [-0.1, -0.05) is 0 Å². The standard InChI is InChI=1S/C15H25N5/c1-10-8-12(9-20(10)13-5-6-13)16-11(2)15-18-17-14-4-3-7-19(14)15/h10-13,16H,3-9H2,1-2H3. The van der Waals surface area contributed by atoms with Crippen LogP contribution in [0.25, 0.3) is 0 Å². The summed E-state index contributed by atoms with van der Waals surface area (Å²) < 4.78 is 2.31. The Morgan fingerprint density at radius 1 is 1.30 bits per heavy atom. The number of likely N-dealkylation sites (tertiary alicyclic amines) is 1. The van der Waals surface area contributed by atoms with Crippen LogP contribution in [0.5, 0.6) is 0 Å². The predicted molar refractivity (Wildman–Crippen MR) is 77.5 cm³/mol. The van der Waals surface area contributed by atoms with Gasteiger partial charge in [-0.2, -0.15) is 0 Å². The summed E-state index contributed by atoms with van der Waals surface area (Å²) in [5, 5.41) is 12.5. The second-order valence-electron chi connectivity index (χ2n) is 6.83. The number of aryl methyl sites for hydroxylation is 1. The van der Waals surface area contributed by atoms with Crippen molar-refractivity contribution in [3.8, 4) is 0 Å². The van der Waals surface area contributed by atoms with Gasteiger partial charge in [0.25, 0.3) is 0 Å².